The number of aryl methyl sites for hydroxylation is 1. The van der Waals surface area contributed by atoms with Gasteiger partial charge in [0.2, 0.25) is 5.91 Å². The molecule has 7 nitrogen and oxygen atoms in total. The summed E-state index contributed by atoms with van der Waals surface area (Å²) in [6, 6.07) is 12.3. The van der Waals surface area contributed by atoms with Crippen LogP contribution in [0.2, 0.25) is 5.02 Å². The molecule has 2 aromatic carbocycles. The molecular formula is C21H21ClN2O5. The number of esters is 1. The van der Waals surface area contributed by atoms with Crippen LogP contribution in [0, 0.1) is 12.8 Å². The minimum atomic E-state index is -0.614. The highest BCUT2D eigenvalue weighted by atomic mass is 35.5. The van der Waals surface area contributed by atoms with E-state index in [1.165, 1.54) is 13.2 Å². The molecule has 1 atom stereocenters. The Morgan fingerprint density at radius 3 is 2.76 bits per heavy atom. The van der Waals surface area contributed by atoms with Crippen LogP contribution in [0.15, 0.2) is 42.5 Å². The smallest absolute Gasteiger partial charge is 0.311 e. The molecule has 1 fully saturated rings. The van der Waals surface area contributed by atoms with Gasteiger partial charge in [0.25, 0.3) is 5.91 Å². The first kappa shape index (κ1) is 20.7. The SMILES string of the molecule is COc1ccc(Cl)cc1NC(=O)COC(=O)[C@H]1CC(=O)N(c2cccc(C)c2)C1. The Hall–Kier alpha value is -3.06. The van der Waals surface area contributed by atoms with E-state index in [-0.39, 0.29) is 18.9 Å². The molecule has 0 radical (unpaired) electrons. The quantitative estimate of drug-likeness (QED) is 0.731. The highest BCUT2D eigenvalue weighted by Crippen LogP contribution is 2.28. The molecule has 1 aliphatic heterocycles. The van der Waals surface area contributed by atoms with E-state index >= 15 is 0 Å². The standard InChI is InChI=1S/C21H21ClN2O5/c1-13-4-3-5-16(8-13)24-11-14(9-20(24)26)21(27)29-12-19(25)23-17-10-15(22)6-7-18(17)28-2/h3-8,10,14H,9,11-12H2,1-2H3,(H,23,25)/t14-/m0/s1. The van der Waals surface area contributed by atoms with Gasteiger partial charge in [-0.3, -0.25) is 14.4 Å². The molecule has 0 spiro atoms. The number of ether oxygens (including phenoxy) is 2. The van der Waals surface area contributed by atoms with Crippen LogP contribution in [0.3, 0.4) is 0 Å². The summed E-state index contributed by atoms with van der Waals surface area (Å²) in [5, 5.41) is 3.02. The Labute approximate surface area is 173 Å². The van der Waals surface area contributed by atoms with Crippen molar-refractivity contribution in [1.29, 1.82) is 0 Å². The molecule has 1 aliphatic rings. The minimum absolute atomic E-state index is 0.0521. The molecule has 3 rings (SSSR count). The number of nitrogens with one attached hydrogen (secondary N) is 1. The second kappa shape index (κ2) is 8.96. The summed E-state index contributed by atoms with van der Waals surface area (Å²) in [5.41, 5.74) is 2.15. The Morgan fingerprint density at radius 1 is 1.24 bits per heavy atom. The van der Waals surface area contributed by atoms with Gasteiger partial charge in [-0.25, -0.2) is 0 Å². The van der Waals surface area contributed by atoms with E-state index < -0.39 is 24.4 Å². The van der Waals surface area contributed by atoms with Crippen molar-refractivity contribution in [2.45, 2.75) is 13.3 Å². The lowest BCUT2D eigenvalue weighted by atomic mass is 10.1. The van der Waals surface area contributed by atoms with Crippen molar-refractivity contribution >= 4 is 40.8 Å². The maximum atomic E-state index is 12.3. The number of rotatable bonds is 6. The largest absolute Gasteiger partial charge is 0.495 e. The number of anilines is 2. The van der Waals surface area contributed by atoms with Crippen LogP contribution in [-0.4, -0.2) is 38.0 Å². The lowest BCUT2D eigenvalue weighted by Crippen LogP contribution is -2.28. The van der Waals surface area contributed by atoms with E-state index in [1.54, 1.807) is 17.0 Å². The molecule has 0 bridgehead atoms. The second-order valence-electron chi connectivity index (χ2n) is 6.74. The van der Waals surface area contributed by atoms with E-state index in [2.05, 4.69) is 5.32 Å². The van der Waals surface area contributed by atoms with Crippen LogP contribution in [0.5, 0.6) is 5.75 Å². The zero-order valence-electron chi connectivity index (χ0n) is 16.1. The number of benzene rings is 2. The molecule has 0 aromatic heterocycles. The Morgan fingerprint density at radius 2 is 2.03 bits per heavy atom. The van der Waals surface area contributed by atoms with Crippen molar-refractivity contribution in [3.8, 4) is 5.75 Å². The first-order valence-corrected chi connectivity index (χ1v) is 9.42. The third-order valence-electron chi connectivity index (χ3n) is 4.55. The van der Waals surface area contributed by atoms with Gasteiger partial charge in [0.15, 0.2) is 6.61 Å². The number of nitrogens with zero attached hydrogens (tertiary/aromatic N) is 1. The first-order chi connectivity index (χ1) is 13.9. The topological polar surface area (TPSA) is 84.9 Å². The molecule has 1 saturated heterocycles. The number of hydrogen-bond donors (Lipinski definition) is 1. The Bertz CT molecular complexity index is 946. The van der Waals surface area contributed by atoms with Gasteiger partial charge >= 0.3 is 5.97 Å². The average Bonchev–Trinajstić information content (AvgIpc) is 3.08. The molecule has 1 heterocycles. The van der Waals surface area contributed by atoms with Gasteiger partial charge < -0.3 is 19.7 Å². The monoisotopic (exact) mass is 416 g/mol. The van der Waals surface area contributed by atoms with Crippen molar-refractivity contribution in [3.63, 3.8) is 0 Å². The van der Waals surface area contributed by atoms with E-state index in [9.17, 15) is 14.4 Å². The van der Waals surface area contributed by atoms with Crippen molar-refractivity contribution in [1.82, 2.24) is 0 Å². The molecule has 29 heavy (non-hydrogen) atoms. The number of carbonyl (C=O) groups excluding carboxylic acids is 3. The summed E-state index contributed by atoms with van der Waals surface area (Å²) in [6.07, 6.45) is 0.0521. The summed E-state index contributed by atoms with van der Waals surface area (Å²) in [5.74, 6) is -1.44. The minimum Gasteiger partial charge on any atom is -0.495 e. The zero-order chi connectivity index (χ0) is 21.0. The maximum Gasteiger partial charge on any atom is 0.311 e. The van der Waals surface area contributed by atoms with Crippen LogP contribution < -0.4 is 15.0 Å². The summed E-state index contributed by atoms with van der Waals surface area (Å²) < 4.78 is 10.3. The van der Waals surface area contributed by atoms with Gasteiger partial charge in [-0.05, 0) is 42.8 Å². The van der Waals surface area contributed by atoms with E-state index in [1.807, 2.05) is 31.2 Å². The number of halogens is 1. The van der Waals surface area contributed by atoms with Gasteiger partial charge in [-0.15, -0.1) is 0 Å². The lowest BCUT2D eigenvalue weighted by Gasteiger charge is -2.17. The molecule has 0 unspecified atom stereocenters. The summed E-state index contributed by atoms with van der Waals surface area (Å²) in [4.78, 5) is 38.3. The molecule has 0 saturated carbocycles. The number of carbonyl (C=O) groups is 3. The zero-order valence-corrected chi connectivity index (χ0v) is 16.9. The van der Waals surface area contributed by atoms with Crippen molar-refractivity contribution in [2.75, 3.05) is 30.5 Å². The molecule has 2 aromatic rings. The number of hydrogen-bond acceptors (Lipinski definition) is 5. The van der Waals surface area contributed by atoms with Gasteiger partial charge in [0.05, 0.1) is 18.7 Å². The van der Waals surface area contributed by atoms with Crippen molar-refractivity contribution < 1.29 is 23.9 Å². The Balaban J connectivity index is 1.55. The molecule has 0 aliphatic carbocycles. The summed E-state index contributed by atoms with van der Waals surface area (Å²) in [6.45, 7) is 1.69. The predicted octanol–water partition coefficient (Wildman–Crippen LogP) is 3.19. The van der Waals surface area contributed by atoms with Gasteiger partial charge in [-0.1, -0.05) is 23.7 Å². The van der Waals surface area contributed by atoms with Gasteiger partial charge in [0.1, 0.15) is 5.75 Å². The van der Waals surface area contributed by atoms with E-state index in [4.69, 9.17) is 21.1 Å². The molecule has 152 valence electrons. The highest BCUT2D eigenvalue weighted by molar-refractivity contribution is 6.31. The fourth-order valence-corrected chi connectivity index (χ4v) is 3.30. The van der Waals surface area contributed by atoms with Gasteiger partial charge in [-0.2, -0.15) is 0 Å². The number of methoxy groups -OCH3 is 1. The average molecular weight is 417 g/mol. The van der Waals surface area contributed by atoms with Gasteiger partial charge in [0, 0.05) is 23.7 Å². The van der Waals surface area contributed by atoms with Crippen LogP contribution >= 0.6 is 11.6 Å². The first-order valence-electron chi connectivity index (χ1n) is 9.04. The third-order valence-corrected chi connectivity index (χ3v) is 4.79. The van der Waals surface area contributed by atoms with Crippen molar-refractivity contribution in [2.24, 2.45) is 5.92 Å². The van der Waals surface area contributed by atoms with Crippen LogP contribution in [0.1, 0.15) is 12.0 Å². The van der Waals surface area contributed by atoms with Crippen LogP contribution in [0.25, 0.3) is 0 Å². The lowest BCUT2D eigenvalue weighted by molar-refractivity contribution is -0.151. The van der Waals surface area contributed by atoms with Crippen molar-refractivity contribution in [3.05, 3.63) is 53.1 Å². The van der Waals surface area contributed by atoms with E-state index in [0.717, 1.165) is 11.3 Å². The summed E-state index contributed by atoms with van der Waals surface area (Å²) >= 11 is 5.93. The molecule has 2 amide bonds. The van der Waals surface area contributed by atoms with Crippen LogP contribution in [-0.2, 0) is 19.1 Å². The second-order valence-corrected chi connectivity index (χ2v) is 7.18. The normalized spacial score (nSPS) is 15.9. The molecule has 8 heteroatoms. The fourth-order valence-electron chi connectivity index (χ4n) is 3.13. The third kappa shape index (κ3) is 5.06. The molecular weight excluding hydrogens is 396 g/mol. The Kier molecular flexibility index (Phi) is 6.39. The van der Waals surface area contributed by atoms with E-state index in [0.29, 0.717) is 16.5 Å². The maximum absolute atomic E-state index is 12.3. The predicted molar refractivity (Wildman–Crippen MR) is 109 cm³/mol. The molecule has 1 N–H and O–H groups in total. The van der Waals surface area contributed by atoms with Crippen LogP contribution in [0.4, 0.5) is 11.4 Å². The highest BCUT2D eigenvalue weighted by Gasteiger charge is 2.36. The fraction of sp³-hybridized carbons (Fsp3) is 0.286. The number of amides is 2. The summed E-state index contributed by atoms with van der Waals surface area (Å²) in [7, 11) is 1.47.